The number of hydrogen-bond donors (Lipinski definition) is 2. The van der Waals surface area contributed by atoms with E-state index < -0.39 is 10.0 Å². The van der Waals surface area contributed by atoms with Gasteiger partial charge in [-0.05, 0) is 64.8 Å². The Hall–Kier alpha value is -2.63. The SMILES string of the molecule is Cc1noc(C)c1S(=O)(=O)Nc1ccc2c(c1)CC(=O)N([C@H](C)CO)C[C@@H](C)[C@H](CN(C)CC1CC1)O2. The number of sulfonamides is 1. The number of carbonyl (C=O) groups is 1. The van der Waals surface area contributed by atoms with Crippen LogP contribution in [0.15, 0.2) is 27.6 Å². The zero-order valence-corrected chi connectivity index (χ0v) is 23.0. The van der Waals surface area contributed by atoms with Crippen LogP contribution in [0.4, 0.5) is 5.69 Å². The first-order valence-electron chi connectivity index (χ1n) is 12.8. The summed E-state index contributed by atoms with van der Waals surface area (Å²) in [6, 6.07) is 4.66. The van der Waals surface area contributed by atoms with Crippen molar-refractivity contribution in [2.75, 3.05) is 38.0 Å². The number of rotatable bonds is 9. The molecule has 0 unspecified atom stereocenters. The number of hydrogen-bond acceptors (Lipinski definition) is 8. The molecule has 2 N–H and O–H groups in total. The van der Waals surface area contributed by atoms with Crippen LogP contribution in [0.5, 0.6) is 5.75 Å². The van der Waals surface area contributed by atoms with E-state index in [9.17, 15) is 18.3 Å². The number of nitrogens with one attached hydrogen (secondary N) is 1. The van der Waals surface area contributed by atoms with Gasteiger partial charge >= 0.3 is 0 Å². The van der Waals surface area contributed by atoms with E-state index >= 15 is 0 Å². The highest BCUT2D eigenvalue weighted by Gasteiger charge is 2.32. The summed E-state index contributed by atoms with van der Waals surface area (Å²) < 4.78 is 40.2. The lowest BCUT2D eigenvalue weighted by atomic mass is 10.0. The largest absolute Gasteiger partial charge is 0.488 e. The molecule has 1 aromatic heterocycles. The second-order valence-corrected chi connectivity index (χ2v) is 12.3. The van der Waals surface area contributed by atoms with Gasteiger partial charge in [0.15, 0.2) is 10.7 Å². The summed E-state index contributed by atoms with van der Waals surface area (Å²) >= 11 is 0. The Balaban J connectivity index is 1.65. The van der Waals surface area contributed by atoms with Crippen LogP contribution >= 0.6 is 0 Å². The van der Waals surface area contributed by atoms with Crippen LogP contribution in [0, 0.1) is 25.7 Å². The van der Waals surface area contributed by atoms with Crippen LogP contribution in [0.3, 0.4) is 0 Å². The van der Waals surface area contributed by atoms with Gasteiger partial charge < -0.3 is 24.2 Å². The smallest absolute Gasteiger partial charge is 0.267 e. The first-order chi connectivity index (χ1) is 17.5. The molecule has 1 aromatic carbocycles. The molecule has 0 spiro atoms. The molecule has 0 bridgehead atoms. The second-order valence-electron chi connectivity index (χ2n) is 10.6. The van der Waals surface area contributed by atoms with E-state index in [-0.39, 0.29) is 53.3 Å². The number of carbonyl (C=O) groups excluding carboxylic acids is 1. The van der Waals surface area contributed by atoms with Crippen LogP contribution in [0.2, 0.25) is 0 Å². The molecule has 4 rings (SSSR count). The van der Waals surface area contributed by atoms with Crippen LogP contribution in [-0.2, 0) is 21.2 Å². The van der Waals surface area contributed by atoms with Gasteiger partial charge in [0.05, 0.1) is 19.1 Å². The molecular formula is C26H38N4O6S. The number of aliphatic hydroxyl groups excluding tert-OH is 1. The maximum atomic E-state index is 13.4. The van der Waals surface area contributed by atoms with Crippen molar-refractivity contribution in [2.45, 2.75) is 64.0 Å². The molecule has 1 amide bonds. The lowest BCUT2D eigenvalue weighted by Crippen LogP contribution is -2.47. The van der Waals surface area contributed by atoms with Crippen molar-refractivity contribution in [3.63, 3.8) is 0 Å². The summed E-state index contributed by atoms with van der Waals surface area (Å²) in [6.45, 7) is 9.04. The third-order valence-electron chi connectivity index (χ3n) is 7.16. The summed E-state index contributed by atoms with van der Waals surface area (Å²) in [5.41, 5.74) is 1.17. The number of amides is 1. The normalized spacial score (nSPS) is 21.6. The Bertz CT molecular complexity index is 1210. The third kappa shape index (κ3) is 6.45. The van der Waals surface area contributed by atoms with Gasteiger partial charge in [-0.3, -0.25) is 9.52 Å². The fourth-order valence-electron chi connectivity index (χ4n) is 4.90. The van der Waals surface area contributed by atoms with Gasteiger partial charge in [0.25, 0.3) is 10.0 Å². The van der Waals surface area contributed by atoms with Crippen molar-refractivity contribution in [3.8, 4) is 5.75 Å². The highest BCUT2D eigenvalue weighted by atomic mass is 32.2. The highest BCUT2D eigenvalue weighted by Crippen LogP contribution is 2.32. The molecule has 2 aliphatic rings. The van der Waals surface area contributed by atoms with E-state index in [0.717, 1.165) is 12.5 Å². The molecule has 1 aliphatic heterocycles. The van der Waals surface area contributed by atoms with Crippen LogP contribution < -0.4 is 9.46 Å². The number of benzene rings is 1. The van der Waals surface area contributed by atoms with Gasteiger partial charge in [-0.25, -0.2) is 8.42 Å². The van der Waals surface area contributed by atoms with Gasteiger partial charge in [0.2, 0.25) is 5.91 Å². The van der Waals surface area contributed by atoms with Gasteiger partial charge in [0, 0.05) is 36.8 Å². The molecule has 11 heteroatoms. The van der Waals surface area contributed by atoms with Crippen molar-refractivity contribution >= 4 is 21.6 Å². The second kappa shape index (κ2) is 11.0. The summed E-state index contributed by atoms with van der Waals surface area (Å²) in [6.07, 6.45) is 2.36. The van der Waals surface area contributed by atoms with E-state index in [1.165, 1.54) is 12.8 Å². The predicted molar refractivity (Wildman–Crippen MR) is 139 cm³/mol. The van der Waals surface area contributed by atoms with Crippen LogP contribution in [0.1, 0.15) is 43.7 Å². The molecule has 204 valence electrons. The van der Waals surface area contributed by atoms with Crippen molar-refractivity contribution in [1.82, 2.24) is 15.0 Å². The summed E-state index contributed by atoms with van der Waals surface area (Å²) in [5, 5.41) is 13.6. The predicted octanol–water partition coefficient (Wildman–Crippen LogP) is 2.58. The Morgan fingerprint density at radius 1 is 1.27 bits per heavy atom. The van der Waals surface area contributed by atoms with Gasteiger partial charge in [-0.15, -0.1) is 0 Å². The minimum Gasteiger partial charge on any atom is -0.488 e. The molecule has 1 aliphatic carbocycles. The molecule has 10 nitrogen and oxygen atoms in total. The minimum absolute atomic E-state index is 0.00102. The molecule has 0 saturated heterocycles. The zero-order valence-electron chi connectivity index (χ0n) is 22.2. The monoisotopic (exact) mass is 534 g/mol. The van der Waals surface area contributed by atoms with E-state index in [4.69, 9.17) is 9.26 Å². The maximum Gasteiger partial charge on any atom is 0.267 e. The molecular weight excluding hydrogens is 496 g/mol. The Morgan fingerprint density at radius 2 is 2.00 bits per heavy atom. The topological polar surface area (TPSA) is 125 Å². The number of fused-ring (bicyclic) bond motifs is 1. The quantitative estimate of drug-likeness (QED) is 0.503. The number of aryl methyl sites for hydroxylation is 2. The lowest BCUT2D eigenvalue weighted by molar-refractivity contribution is -0.134. The highest BCUT2D eigenvalue weighted by molar-refractivity contribution is 7.92. The molecule has 2 heterocycles. The van der Waals surface area contributed by atoms with Crippen molar-refractivity contribution < 1.29 is 27.6 Å². The number of aromatic nitrogens is 1. The Labute approximate surface area is 219 Å². The fraction of sp³-hybridized carbons (Fsp3) is 0.615. The summed E-state index contributed by atoms with van der Waals surface area (Å²) in [4.78, 5) is 17.4. The number of ether oxygens (including phenoxy) is 1. The van der Waals surface area contributed by atoms with Gasteiger partial charge in [-0.1, -0.05) is 12.1 Å². The molecule has 1 saturated carbocycles. The Morgan fingerprint density at radius 3 is 2.62 bits per heavy atom. The van der Waals surface area contributed by atoms with Crippen molar-refractivity contribution in [1.29, 1.82) is 0 Å². The zero-order chi connectivity index (χ0) is 26.9. The summed E-state index contributed by atoms with van der Waals surface area (Å²) in [5.74, 6) is 1.37. The first kappa shape index (κ1) is 27.4. The fourth-order valence-corrected chi connectivity index (χ4v) is 6.28. The molecule has 1 fully saturated rings. The van der Waals surface area contributed by atoms with Crippen LogP contribution in [-0.4, -0.2) is 79.8 Å². The molecule has 3 atom stereocenters. The van der Waals surface area contributed by atoms with E-state index in [1.54, 1.807) is 36.9 Å². The first-order valence-corrected chi connectivity index (χ1v) is 14.3. The number of likely N-dealkylation sites (N-methyl/N-ethyl adjacent to an activating group) is 1. The standard InChI is InChI=1S/C26H38N4O6S/c1-16-12-30(17(2)15-31)25(32)11-21-10-22(28-37(33,34)26-18(3)27-36-19(26)4)8-9-23(21)35-24(16)14-29(5)13-20-6-7-20/h8-10,16-17,20,24,28,31H,6-7,11-15H2,1-5H3/t16-,17-,24+/m1/s1. The molecule has 37 heavy (non-hydrogen) atoms. The van der Waals surface area contributed by atoms with Crippen molar-refractivity contribution in [2.24, 2.45) is 11.8 Å². The van der Waals surface area contributed by atoms with Gasteiger partial charge in [0.1, 0.15) is 17.5 Å². The van der Waals surface area contributed by atoms with Gasteiger partial charge in [-0.2, -0.15) is 0 Å². The summed E-state index contributed by atoms with van der Waals surface area (Å²) in [7, 11) is -1.86. The van der Waals surface area contributed by atoms with Crippen LogP contribution in [0.25, 0.3) is 0 Å². The molecule has 2 aromatic rings. The van der Waals surface area contributed by atoms with E-state index in [1.807, 2.05) is 6.92 Å². The number of aliphatic hydroxyl groups is 1. The van der Waals surface area contributed by atoms with Crippen molar-refractivity contribution in [3.05, 3.63) is 35.2 Å². The average Bonchev–Trinajstić information content (AvgIpc) is 3.56. The Kier molecular flexibility index (Phi) is 8.15. The van der Waals surface area contributed by atoms with E-state index in [2.05, 4.69) is 28.8 Å². The third-order valence-corrected chi connectivity index (χ3v) is 8.79. The minimum atomic E-state index is -3.95. The number of nitrogens with zero attached hydrogens (tertiary/aromatic N) is 3. The average molecular weight is 535 g/mol. The van der Waals surface area contributed by atoms with E-state index in [0.29, 0.717) is 30.1 Å². The lowest BCUT2D eigenvalue weighted by Gasteiger charge is -2.34. The number of anilines is 1. The molecule has 0 radical (unpaired) electrons. The maximum absolute atomic E-state index is 13.4.